The van der Waals surface area contributed by atoms with Crippen molar-refractivity contribution in [2.75, 3.05) is 26.9 Å². The fourth-order valence-corrected chi connectivity index (χ4v) is 4.96. The first-order valence-corrected chi connectivity index (χ1v) is 15.4. The average molecular weight is 533 g/mol. The summed E-state index contributed by atoms with van der Waals surface area (Å²) in [7, 11) is 1.63. The minimum Gasteiger partial charge on any atom is -0.459 e. The van der Waals surface area contributed by atoms with Gasteiger partial charge in [0.1, 0.15) is 12.7 Å². The number of hydrogen-bond acceptors (Lipinski definition) is 5. The van der Waals surface area contributed by atoms with Gasteiger partial charge in [-0.3, -0.25) is 0 Å². The molecule has 0 fully saturated rings. The number of carbonyl (C=O) groups is 1. The molecule has 1 atom stereocenters. The predicted molar refractivity (Wildman–Crippen MR) is 152 cm³/mol. The van der Waals surface area contributed by atoms with Crippen molar-refractivity contribution in [3.63, 3.8) is 0 Å². The number of methoxy groups -OCH3 is 1. The Morgan fingerprint density at radius 1 is 0.838 bits per heavy atom. The van der Waals surface area contributed by atoms with E-state index in [4.69, 9.17) is 14.2 Å². The lowest BCUT2D eigenvalue weighted by atomic mass is 10.0. The molecule has 2 rings (SSSR count). The zero-order valence-electron chi connectivity index (χ0n) is 23.3. The normalized spacial score (nSPS) is 12.1. The maximum Gasteiger partial charge on any atom is 0.338 e. The van der Waals surface area contributed by atoms with Gasteiger partial charge in [0.2, 0.25) is 5.51 Å². The summed E-state index contributed by atoms with van der Waals surface area (Å²) < 4.78 is 18.8. The first-order chi connectivity index (χ1) is 18.2. The lowest BCUT2D eigenvalue weighted by Crippen LogP contribution is -2.30. The van der Waals surface area contributed by atoms with Gasteiger partial charge in [-0.2, -0.15) is 4.57 Å². The van der Waals surface area contributed by atoms with Gasteiger partial charge >= 0.3 is 5.97 Å². The Hall–Kier alpha value is -1.76. The third kappa shape index (κ3) is 15.3. The van der Waals surface area contributed by atoms with Gasteiger partial charge in [0.05, 0.1) is 17.6 Å². The molecule has 0 aliphatic heterocycles. The Labute approximate surface area is 229 Å². The molecule has 0 aliphatic carbocycles. The van der Waals surface area contributed by atoms with Crippen LogP contribution in [0.25, 0.3) is 0 Å². The van der Waals surface area contributed by atoms with Crippen molar-refractivity contribution in [3.8, 4) is 0 Å². The van der Waals surface area contributed by atoms with Crippen LogP contribution in [0.1, 0.15) is 113 Å². The Morgan fingerprint density at radius 2 is 1.43 bits per heavy atom. The summed E-state index contributed by atoms with van der Waals surface area (Å²) in [5, 5.41) is 2.04. The van der Waals surface area contributed by atoms with Crippen LogP contribution in [0.3, 0.4) is 0 Å². The quantitative estimate of drug-likeness (QED) is 0.0834. The van der Waals surface area contributed by atoms with E-state index >= 15 is 0 Å². The second-order valence-electron chi connectivity index (χ2n) is 10.0. The summed E-state index contributed by atoms with van der Waals surface area (Å²) in [4.78, 5) is 12.4. The highest BCUT2D eigenvalue weighted by Gasteiger charge is 2.14. The van der Waals surface area contributed by atoms with Crippen molar-refractivity contribution < 1.29 is 23.6 Å². The van der Waals surface area contributed by atoms with Gasteiger partial charge in [-0.05, 0) is 18.6 Å². The highest BCUT2D eigenvalue weighted by atomic mass is 32.1. The number of benzene rings is 1. The van der Waals surface area contributed by atoms with E-state index in [0.717, 1.165) is 25.1 Å². The van der Waals surface area contributed by atoms with Gasteiger partial charge < -0.3 is 14.2 Å². The van der Waals surface area contributed by atoms with E-state index in [0.29, 0.717) is 12.2 Å². The first kappa shape index (κ1) is 31.5. The van der Waals surface area contributed by atoms with Crippen molar-refractivity contribution in [1.29, 1.82) is 0 Å². The van der Waals surface area contributed by atoms with E-state index in [1.165, 1.54) is 83.5 Å². The predicted octanol–water partition coefficient (Wildman–Crippen LogP) is 7.75. The Kier molecular flexibility index (Phi) is 18.0. The molecule has 0 aliphatic rings. The molecule has 0 N–H and O–H groups in total. The van der Waals surface area contributed by atoms with Crippen LogP contribution >= 0.6 is 11.3 Å². The maximum absolute atomic E-state index is 12.4. The van der Waals surface area contributed by atoms with Crippen LogP contribution in [0.15, 0.2) is 41.4 Å². The number of ether oxygens (including phenoxy) is 3. The summed E-state index contributed by atoms with van der Waals surface area (Å²) in [5.41, 5.74) is 3.76. The average Bonchev–Trinajstić information content (AvgIpc) is 3.43. The van der Waals surface area contributed by atoms with Gasteiger partial charge in [-0.25, -0.2) is 4.79 Å². The number of esters is 1. The molecular weight excluding hydrogens is 482 g/mol. The SMILES string of the molecule is CCCCCCCCCCCCCCCCOCC(COC(=O)c1ccc(C[n+]2ccsc2)cc1)OC. The van der Waals surface area contributed by atoms with E-state index in [1.54, 1.807) is 18.4 Å². The molecule has 5 nitrogen and oxygen atoms in total. The van der Waals surface area contributed by atoms with Crippen molar-refractivity contribution in [1.82, 2.24) is 0 Å². The van der Waals surface area contributed by atoms with Crippen LogP contribution in [0, 0.1) is 0 Å². The molecule has 1 heterocycles. The molecule has 1 unspecified atom stereocenters. The number of thiazole rings is 1. The number of unbranched alkanes of at least 4 members (excludes halogenated alkanes) is 13. The molecular formula is C31H50NO4S+. The summed E-state index contributed by atoms with van der Waals surface area (Å²) in [6.45, 7) is 4.44. The summed E-state index contributed by atoms with van der Waals surface area (Å²) in [6.07, 6.45) is 20.7. The third-order valence-electron chi connectivity index (χ3n) is 6.76. The molecule has 208 valence electrons. The van der Waals surface area contributed by atoms with Gasteiger partial charge in [0.25, 0.3) is 0 Å². The Morgan fingerprint density at radius 3 is 1.97 bits per heavy atom. The van der Waals surface area contributed by atoms with Crippen LogP contribution in [0.2, 0.25) is 0 Å². The van der Waals surface area contributed by atoms with Crippen molar-refractivity contribution in [2.24, 2.45) is 0 Å². The topological polar surface area (TPSA) is 48.6 Å². The molecule has 0 amide bonds. The number of rotatable bonds is 23. The molecule has 0 radical (unpaired) electrons. The smallest absolute Gasteiger partial charge is 0.338 e. The van der Waals surface area contributed by atoms with Crippen LogP contribution < -0.4 is 4.57 Å². The van der Waals surface area contributed by atoms with Crippen LogP contribution in [-0.2, 0) is 20.8 Å². The zero-order chi connectivity index (χ0) is 26.4. The first-order valence-electron chi connectivity index (χ1n) is 14.5. The van der Waals surface area contributed by atoms with Crippen molar-refractivity contribution in [2.45, 2.75) is 109 Å². The fourth-order valence-electron chi connectivity index (χ4n) is 4.36. The van der Waals surface area contributed by atoms with Crippen molar-refractivity contribution >= 4 is 17.3 Å². The van der Waals surface area contributed by atoms with Gasteiger partial charge in [-0.15, -0.1) is 0 Å². The summed E-state index contributed by atoms with van der Waals surface area (Å²) in [5.74, 6) is -0.330. The largest absolute Gasteiger partial charge is 0.459 e. The molecule has 37 heavy (non-hydrogen) atoms. The fraction of sp³-hybridized carbons (Fsp3) is 0.677. The van der Waals surface area contributed by atoms with Gasteiger partial charge in [0, 0.05) is 19.3 Å². The molecule has 0 saturated heterocycles. The van der Waals surface area contributed by atoms with E-state index in [1.807, 2.05) is 35.8 Å². The van der Waals surface area contributed by atoms with Crippen LogP contribution in [0.4, 0.5) is 0 Å². The molecule has 0 saturated carbocycles. The molecule has 1 aromatic heterocycles. The van der Waals surface area contributed by atoms with E-state index in [-0.39, 0.29) is 18.7 Å². The number of nitrogens with zero attached hydrogens (tertiary/aromatic N) is 1. The Balaban J connectivity index is 1.42. The molecule has 0 bridgehead atoms. The number of hydrogen-bond donors (Lipinski definition) is 0. The lowest BCUT2D eigenvalue weighted by Gasteiger charge is -2.16. The maximum atomic E-state index is 12.4. The molecule has 1 aromatic carbocycles. The molecule has 6 heteroatoms. The van der Waals surface area contributed by atoms with Crippen LogP contribution in [-0.4, -0.2) is 39.0 Å². The zero-order valence-corrected chi connectivity index (χ0v) is 24.2. The van der Waals surface area contributed by atoms with E-state index in [9.17, 15) is 4.79 Å². The summed E-state index contributed by atoms with van der Waals surface area (Å²) in [6, 6.07) is 7.57. The molecule has 2 aromatic rings. The van der Waals surface area contributed by atoms with E-state index < -0.39 is 0 Å². The lowest BCUT2D eigenvalue weighted by molar-refractivity contribution is -0.683. The number of carbonyl (C=O) groups excluding carboxylic acids is 1. The van der Waals surface area contributed by atoms with Crippen molar-refractivity contribution in [3.05, 3.63) is 52.5 Å². The molecule has 0 spiro atoms. The van der Waals surface area contributed by atoms with E-state index in [2.05, 4.69) is 17.0 Å². The van der Waals surface area contributed by atoms with Gasteiger partial charge in [-0.1, -0.05) is 114 Å². The van der Waals surface area contributed by atoms with Crippen LogP contribution in [0.5, 0.6) is 0 Å². The minimum atomic E-state index is -0.330. The summed E-state index contributed by atoms with van der Waals surface area (Å²) >= 11 is 1.66. The second-order valence-corrected chi connectivity index (χ2v) is 10.8. The minimum absolute atomic E-state index is 0.195. The number of aromatic nitrogens is 1. The highest BCUT2D eigenvalue weighted by molar-refractivity contribution is 7.07. The third-order valence-corrected chi connectivity index (χ3v) is 7.43. The monoisotopic (exact) mass is 532 g/mol. The van der Waals surface area contributed by atoms with Gasteiger partial charge in [0.15, 0.2) is 12.7 Å². The standard InChI is InChI=1S/C31H50NO4S/c1-3-4-5-6-7-8-9-10-11-12-13-14-15-16-22-35-25-30(34-2)26-36-31(33)29-19-17-28(18-20-29)24-32-21-23-37-27-32/h17-21,23,27,30H,3-16,22,24-26H2,1-2H3/q+1. The Bertz CT molecular complexity index is 794. The highest BCUT2D eigenvalue weighted by Crippen LogP contribution is 2.13. The second kappa shape index (κ2) is 21.2.